The van der Waals surface area contributed by atoms with Crippen molar-refractivity contribution < 1.29 is 4.74 Å². The smallest absolute Gasteiger partial charge is 0.219 e. The van der Waals surface area contributed by atoms with Crippen molar-refractivity contribution in [2.75, 3.05) is 0 Å². The largest absolute Gasteiger partial charge is 0.439 e. The molecule has 0 radical (unpaired) electrons. The average Bonchev–Trinajstić information content (AvgIpc) is 2.30. The molecule has 1 aromatic carbocycles. The average molecular weight is 346 g/mol. The predicted molar refractivity (Wildman–Crippen MR) is 73.0 cm³/mol. The van der Waals surface area contributed by atoms with Crippen molar-refractivity contribution in [1.82, 2.24) is 4.98 Å². The highest BCUT2D eigenvalue weighted by Crippen LogP contribution is 2.21. The highest BCUT2D eigenvalue weighted by Gasteiger charge is 1.99. The quantitative estimate of drug-likeness (QED) is 0.614. The standard InChI is InChI=1S/C12H9ClINO/c13-7-9-4-5-12(15-8-9)16-11-3-1-2-10(14)6-11/h1-6,8H,7H2. The summed E-state index contributed by atoms with van der Waals surface area (Å²) < 4.78 is 6.73. The Hall–Kier alpha value is -0.810. The molecule has 0 amide bonds. The molecule has 1 aromatic heterocycles. The van der Waals surface area contributed by atoms with E-state index in [-0.39, 0.29) is 0 Å². The number of pyridine rings is 1. The second kappa shape index (κ2) is 5.50. The number of alkyl halides is 1. The van der Waals surface area contributed by atoms with Crippen LogP contribution in [0.1, 0.15) is 5.56 Å². The zero-order valence-corrected chi connectivity index (χ0v) is 11.3. The molecule has 0 N–H and O–H groups in total. The van der Waals surface area contributed by atoms with Gasteiger partial charge in [0, 0.05) is 21.7 Å². The maximum absolute atomic E-state index is 5.68. The highest BCUT2D eigenvalue weighted by molar-refractivity contribution is 14.1. The number of halogens is 2. The number of ether oxygens (including phenoxy) is 1. The van der Waals surface area contributed by atoms with Crippen molar-refractivity contribution in [1.29, 1.82) is 0 Å². The van der Waals surface area contributed by atoms with Crippen LogP contribution in [-0.4, -0.2) is 4.98 Å². The monoisotopic (exact) mass is 345 g/mol. The highest BCUT2D eigenvalue weighted by atomic mass is 127. The van der Waals surface area contributed by atoms with Gasteiger partial charge in [-0.25, -0.2) is 4.98 Å². The molecule has 0 aliphatic rings. The van der Waals surface area contributed by atoms with Crippen LogP contribution >= 0.6 is 34.2 Å². The first kappa shape index (κ1) is 11.7. The molecule has 16 heavy (non-hydrogen) atoms. The lowest BCUT2D eigenvalue weighted by Gasteiger charge is -2.05. The third-order valence-electron chi connectivity index (χ3n) is 1.97. The molecule has 0 saturated carbocycles. The van der Waals surface area contributed by atoms with Crippen molar-refractivity contribution in [2.45, 2.75) is 5.88 Å². The van der Waals surface area contributed by atoms with Crippen molar-refractivity contribution >= 4 is 34.2 Å². The van der Waals surface area contributed by atoms with Crippen LogP contribution in [0.3, 0.4) is 0 Å². The first-order chi connectivity index (χ1) is 7.78. The molecule has 0 atom stereocenters. The van der Waals surface area contributed by atoms with Crippen LogP contribution in [0.2, 0.25) is 0 Å². The van der Waals surface area contributed by atoms with Crippen LogP contribution in [0.5, 0.6) is 11.6 Å². The van der Waals surface area contributed by atoms with Gasteiger partial charge in [-0.2, -0.15) is 0 Å². The lowest BCUT2D eigenvalue weighted by molar-refractivity contribution is 0.462. The fourth-order valence-corrected chi connectivity index (χ4v) is 1.87. The van der Waals surface area contributed by atoms with Crippen molar-refractivity contribution in [3.63, 3.8) is 0 Å². The van der Waals surface area contributed by atoms with Crippen LogP contribution < -0.4 is 4.74 Å². The molecule has 1 heterocycles. The summed E-state index contributed by atoms with van der Waals surface area (Å²) in [5.74, 6) is 1.84. The molecular formula is C12H9ClINO. The van der Waals surface area contributed by atoms with Gasteiger partial charge in [-0.1, -0.05) is 12.1 Å². The van der Waals surface area contributed by atoms with Crippen LogP contribution in [-0.2, 0) is 5.88 Å². The Morgan fingerprint density at radius 1 is 1.25 bits per heavy atom. The molecule has 0 unspecified atom stereocenters. The first-order valence-electron chi connectivity index (χ1n) is 4.72. The molecule has 0 saturated heterocycles. The Labute approximate surface area is 113 Å². The fraction of sp³-hybridized carbons (Fsp3) is 0.0833. The van der Waals surface area contributed by atoms with Gasteiger partial charge in [-0.15, -0.1) is 11.6 Å². The van der Waals surface area contributed by atoms with E-state index in [4.69, 9.17) is 16.3 Å². The molecule has 2 nitrogen and oxygen atoms in total. The van der Waals surface area contributed by atoms with E-state index in [1.807, 2.05) is 36.4 Å². The van der Waals surface area contributed by atoms with E-state index >= 15 is 0 Å². The molecule has 0 fully saturated rings. The Morgan fingerprint density at radius 3 is 2.75 bits per heavy atom. The summed E-state index contributed by atoms with van der Waals surface area (Å²) in [5, 5.41) is 0. The minimum absolute atomic E-state index is 0.469. The van der Waals surface area contributed by atoms with Gasteiger partial charge in [0.2, 0.25) is 5.88 Å². The maximum atomic E-state index is 5.68. The maximum Gasteiger partial charge on any atom is 0.219 e. The van der Waals surface area contributed by atoms with Gasteiger partial charge in [-0.3, -0.25) is 0 Å². The molecule has 0 spiro atoms. The lowest BCUT2D eigenvalue weighted by Crippen LogP contribution is -1.89. The van der Waals surface area contributed by atoms with E-state index in [1.54, 1.807) is 6.20 Å². The number of hydrogen-bond acceptors (Lipinski definition) is 2. The topological polar surface area (TPSA) is 22.1 Å². The van der Waals surface area contributed by atoms with Gasteiger partial charge in [0.1, 0.15) is 5.75 Å². The molecule has 0 aliphatic heterocycles. The van der Waals surface area contributed by atoms with E-state index in [0.717, 1.165) is 14.9 Å². The minimum Gasteiger partial charge on any atom is -0.439 e. The Kier molecular flexibility index (Phi) is 4.01. The third-order valence-corrected chi connectivity index (χ3v) is 2.95. The molecule has 2 rings (SSSR count). The zero-order chi connectivity index (χ0) is 11.4. The summed E-state index contributed by atoms with van der Waals surface area (Å²) in [6.07, 6.45) is 1.72. The number of rotatable bonds is 3. The van der Waals surface area contributed by atoms with Gasteiger partial charge >= 0.3 is 0 Å². The predicted octanol–water partition coefficient (Wildman–Crippen LogP) is 4.22. The molecule has 82 valence electrons. The first-order valence-corrected chi connectivity index (χ1v) is 6.33. The Bertz CT molecular complexity index is 473. The Morgan fingerprint density at radius 2 is 2.12 bits per heavy atom. The van der Waals surface area contributed by atoms with Gasteiger partial charge in [0.05, 0.1) is 0 Å². The number of aromatic nitrogens is 1. The van der Waals surface area contributed by atoms with E-state index in [0.29, 0.717) is 11.8 Å². The summed E-state index contributed by atoms with van der Waals surface area (Å²) in [7, 11) is 0. The van der Waals surface area contributed by atoms with Crippen molar-refractivity contribution in [3.8, 4) is 11.6 Å². The second-order valence-corrected chi connectivity index (χ2v) is 4.71. The van der Waals surface area contributed by atoms with Crippen molar-refractivity contribution in [2.24, 2.45) is 0 Å². The van der Waals surface area contributed by atoms with Gasteiger partial charge in [0.25, 0.3) is 0 Å². The van der Waals surface area contributed by atoms with Crippen LogP contribution in [0.15, 0.2) is 42.6 Å². The molecule has 2 aromatic rings. The molecule has 0 bridgehead atoms. The van der Waals surface area contributed by atoms with Crippen LogP contribution in [0, 0.1) is 3.57 Å². The van der Waals surface area contributed by atoms with Gasteiger partial charge < -0.3 is 4.74 Å². The number of benzene rings is 1. The van der Waals surface area contributed by atoms with E-state index in [9.17, 15) is 0 Å². The van der Waals surface area contributed by atoms with Crippen LogP contribution in [0.4, 0.5) is 0 Å². The van der Waals surface area contributed by atoms with Gasteiger partial charge in [-0.05, 0) is 46.4 Å². The summed E-state index contributed by atoms with van der Waals surface area (Å²) in [6.45, 7) is 0. The zero-order valence-electron chi connectivity index (χ0n) is 8.36. The fourth-order valence-electron chi connectivity index (χ4n) is 1.20. The third kappa shape index (κ3) is 3.09. The molecule has 4 heteroatoms. The van der Waals surface area contributed by atoms with Crippen LogP contribution in [0.25, 0.3) is 0 Å². The van der Waals surface area contributed by atoms with E-state index in [1.165, 1.54) is 0 Å². The molecular weight excluding hydrogens is 336 g/mol. The minimum atomic E-state index is 0.469. The normalized spacial score (nSPS) is 10.1. The van der Waals surface area contributed by atoms with Gasteiger partial charge in [0.15, 0.2) is 0 Å². The number of nitrogens with zero attached hydrogens (tertiary/aromatic N) is 1. The van der Waals surface area contributed by atoms with E-state index in [2.05, 4.69) is 27.6 Å². The summed E-state index contributed by atoms with van der Waals surface area (Å²) in [4.78, 5) is 4.17. The second-order valence-electron chi connectivity index (χ2n) is 3.20. The SMILES string of the molecule is ClCc1ccc(Oc2cccc(I)c2)nc1. The van der Waals surface area contributed by atoms with Crippen molar-refractivity contribution in [3.05, 3.63) is 51.7 Å². The summed E-state index contributed by atoms with van der Waals surface area (Å²) in [6, 6.07) is 11.5. The number of hydrogen-bond donors (Lipinski definition) is 0. The summed E-state index contributed by atoms with van der Waals surface area (Å²) >= 11 is 7.92. The Balaban J connectivity index is 2.14. The summed E-state index contributed by atoms with van der Waals surface area (Å²) in [5.41, 5.74) is 0.983. The lowest BCUT2D eigenvalue weighted by atomic mass is 10.3. The van der Waals surface area contributed by atoms with E-state index < -0.39 is 0 Å². The molecule has 0 aliphatic carbocycles.